The van der Waals surface area contributed by atoms with Crippen molar-refractivity contribution in [2.45, 2.75) is 26.4 Å². The number of likely N-dealkylation sites (tertiary alicyclic amines) is 1. The Labute approximate surface area is 93.2 Å². The first-order valence-electron chi connectivity index (χ1n) is 6.11. The molecule has 0 bridgehead atoms. The van der Waals surface area contributed by atoms with Crippen molar-refractivity contribution in [2.75, 3.05) is 39.3 Å². The summed E-state index contributed by atoms with van der Waals surface area (Å²) in [5, 5.41) is 3.47. The SMILES string of the molecule is CC(C)(C)OCCN1CC2CNCC2C1. The van der Waals surface area contributed by atoms with Crippen molar-refractivity contribution in [3.8, 4) is 0 Å². The zero-order valence-electron chi connectivity index (χ0n) is 10.3. The summed E-state index contributed by atoms with van der Waals surface area (Å²) in [6, 6.07) is 0. The minimum Gasteiger partial charge on any atom is -0.375 e. The molecule has 0 aromatic heterocycles. The Balaban J connectivity index is 1.65. The van der Waals surface area contributed by atoms with Crippen LogP contribution in [0.25, 0.3) is 0 Å². The van der Waals surface area contributed by atoms with Gasteiger partial charge in [-0.05, 0) is 45.7 Å². The van der Waals surface area contributed by atoms with Crippen LogP contribution in [0.5, 0.6) is 0 Å². The summed E-state index contributed by atoms with van der Waals surface area (Å²) >= 11 is 0. The van der Waals surface area contributed by atoms with Gasteiger partial charge in [0.15, 0.2) is 0 Å². The lowest BCUT2D eigenvalue weighted by atomic mass is 10.0. The van der Waals surface area contributed by atoms with E-state index in [-0.39, 0.29) is 5.60 Å². The van der Waals surface area contributed by atoms with Gasteiger partial charge in [-0.15, -0.1) is 0 Å². The molecule has 2 fully saturated rings. The fourth-order valence-electron chi connectivity index (χ4n) is 2.62. The molecule has 2 heterocycles. The minimum atomic E-state index is 0.0111. The van der Waals surface area contributed by atoms with E-state index in [2.05, 4.69) is 31.0 Å². The lowest BCUT2D eigenvalue weighted by Crippen LogP contribution is -2.31. The van der Waals surface area contributed by atoms with Crippen LogP contribution < -0.4 is 5.32 Å². The molecule has 2 saturated heterocycles. The predicted octanol–water partition coefficient (Wildman–Crippen LogP) is 0.953. The molecule has 2 rings (SSSR count). The maximum absolute atomic E-state index is 5.76. The second-order valence-corrected chi connectivity index (χ2v) is 5.90. The molecule has 0 aromatic carbocycles. The molecule has 3 heteroatoms. The van der Waals surface area contributed by atoms with Crippen LogP contribution in [0.2, 0.25) is 0 Å². The molecule has 0 spiro atoms. The molecule has 2 unspecified atom stereocenters. The van der Waals surface area contributed by atoms with Gasteiger partial charge in [-0.2, -0.15) is 0 Å². The topological polar surface area (TPSA) is 24.5 Å². The van der Waals surface area contributed by atoms with E-state index < -0.39 is 0 Å². The molecule has 2 aliphatic rings. The molecular formula is C12H24N2O. The van der Waals surface area contributed by atoms with E-state index in [9.17, 15) is 0 Å². The predicted molar refractivity (Wildman–Crippen MR) is 62.0 cm³/mol. The fourth-order valence-corrected chi connectivity index (χ4v) is 2.62. The van der Waals surface area contributed by atoms with E-state index in [4.69, 9.17) is 4.74 Å². The van der Waals surface area contributed by atoms with Gasteiger partial charge in [-0.25, -0.2) is 0 Å². The van der Waals surface area contributed by atoms with Gasteiger partial charge in [0.25, 0.3) is 0 Å². The smallest absolute Gasteiger partial charge is 0.0600 e. The van der Waals surface area contributed by atoms with E-state index in [1.807, 2.05) is 0 Å². The fraction of sp³-hybridized carbons (Fsp3) is 1.00. The second kappa shape index (κ2) is 4.40. The highest BCUT2D eigenvalue weighted by atomic mass is 16.5. The number of rotatable bonds is 3. The summed E-state index contributed by atoms with van der Waals surface area (Å²) in [5.41, 5.74) is 0.0111. The third kappa shape index (κ3) is 3.16. The van der Waals surface area contributed by atoms with Crippen molar-refractivity contribution in [1.29, 1.82) is 0 Å². The largest absolute Gasteiger partial charge is 0.375 e. The zero-order chi connectivity index (χ0) is 10.9. The number of fused-ring (bicyclic) bond motifs is 1. The quantitative estimate of drug-likeness (QED) is 0.754. The van der Waals surface area contributed by atoms with Gasteiger partial charge < -0.3 is 15.0 Å². The van der Waals surface area contributed by atoms with Crippen molar-refractivity contribution >= 4 is 0 Å². The molecule has 3 nitrogen and oxygen atoms in total. The summed E-state index contributed by atoms with van der Waals surface area (Å²) in [6.07, 6.45) is 0. The van der Waals surface area contributed by atoms with E-state index in [0.29, 0.717) is 0 Å². The number of hydrogen-bond acceptors (Lipinski definition) is 3. The molecule has 0 saturated carbocycles. The third-order valence-corrected chi connectivity index (χ3v) is 3.41. The number of nitrogens with zero attached hydrogens (tertiary/aromatic N) is 1. The van der Waals surface area contributed by atoms with Crippen LogP contribution in [0.3, 0.4) is 0 Å². The summed E-state index contributed by atoms with van der Waals surface area (Å²) in [6.45, 7) is 13.3. The average Bonchev–Trinajstić information content (AvgIpc) is 2.60. The maximum atomic E-state index is 5.76. The van der Waals surface area contributed by atoms with E-state index >= 15 is 0 Å². The summed E-state index contributed by atoms with van der Waals surface area (Å²) in [4.78, 5) is 2.56. The molecule has 0 aromatic rings. The summed E-state index contributed by atoms with van der Waals surface area (Å²) in [5.74, 6) is 1.80. The molecule has 15 heavy (non-hydrogen) atoms. The first-order valence-corrected chi connectivity index (χ1v) is 6.11. The van der Waals surface area contributed by atoms with Gasteiger partial charge >= 0.3 is 0 Å². The molecule has 1 N–H and O–H groups in total. The van der Waals surface area contributed by atoms with Gasteiger partial charge in [0.1, 0.15) is 0 Å². The van der Waals surface area contributed by atoms with Crippen LogP contribution in [-0.2, 0) is 4.74 Å². The monoisotopic (exact) mass is 212 g/mol. The number of nitrogens with one attached hydrogen (secondary N) is 1. The van der Waals surface area contributed by atoms with Crippen LogP contribution >= 0.6 is 0 Å². The molecule has 2 atom stereocenters. The first kappa shape index (κ1) is 11.4. The maximum Gasteiger partial charge on any atom is 0.0600 e. The minimum absolute atomic E-state index is 0.0111. The molecular weight excluding hydrogens is 188 g/mol. The van der Waals surface area contributed by atoms with E-state index in [1.165, 1.54) is 26.2 Å². The lowest BCUT2D eigenvalue weighted by molar-refractivity contribution is -0.0115. The Hall–Kier alpha value is -0.120. The van der Waals surface area contributed by atoms with Crippen LogP contribution in [0.15, 0.2) is 0 Å². The zero-order valence-corrected chi connectivity index (χ0v) is 10.3. The van der Waals surface area contributed by atoms with Gasteiger partial charge in [0.05, 0.1) is 12.2 Å². The van der Waals surface area contributed by atoms with E-state index in [1.54, 1.807) is 0 Å². The van der Waals surface area contributed by atoms with Gasteiger partial charge in [-0.1, -0.05) is 0 Å². The van der Waals surface area contributed by atoms with Crippen molar-refractivity contribution in [3.63, 3.8) is 0 Å². The van der Waals surface area contributed by atoms with Gasteiger partial charge in [-0.3, -0.25) is 0 Å². The Morgan fingerprint density at radius 2 is 1.80 bits per heavy atom. The highest BCUT2D eigenvalue weighted by molar-refractivity contribution is 4.90. The highest BCUT2D eigenvalue weighted by Crippen LogP contribution is 2.25. The Kier molecular flexibility index (Phi) is 3.33. The van der Waals surface area contributed by atoms with Crippen LogP contribution in [0.1, 0.15) is 20.8 Å². The molecule has 0 amide bonds. The molecule has 88 valence electrons. The number of hydrogen-bond donors (Lipinski definition) is 1. The summed E-state index contributed by atoms with van der Waals surface area (Å²) < 4.78 is 5.76. The lowest BCUT2D eigenvalue weighted by Gasteiger charge is -2.23. The van der Waals surface area contributed by atoms with Crippen molar-refractivity contribution < 1.29 is 4.74 Å². The molecule has 0 aliphatic carbocycles. The third-order valence-electron chi connectivity index (χ3n) is 3.41. The van der Waals surface area contributed by atoms with Crippen molar-refractivity contribution in [2.24, 2.45) is 11.8 Å². The second-order valence-electron chi connectivity index (χ2n) is 5.90. The van der Waals surface area contributed by atoms with Gasteiger partial charge in [0, 0.05) is 19.6 Å². The Bertz CT molecular complexity index is 200. The van der Waals surface area contributed by atoms with Crippen LogP contribution in [-0.4, -0.2) is 49.8 Å². The van der Waals surface area contributed by atoms with Gasteiger partial charge in [0.2, 0.25) is 0 Å². The standard InChI is InChI=1S/C12H24N2O/c1-12(2,3)15-5-4-14-8-10-6-13-7-11(10)9-14/h10-11,13H,4-9H2,1-3H3. The average molecular weight is 212 g/mol. The number of ether oxygens (including phenoxy) is 1. The normalized spacial score (nSPS) is 32.2. The van der Waals surface area contributed by atoms with Crippen LogP contribution in [0, 0.1) is 11.8 Å². The van der Waals surface area contributed by atoms with Crippen molar-refractivity contribution in [1.82, 2.24) is 10.2 Å². The first-order chi connectivity index (χ1) is 7.04. The summed E-state index contributed by atoms with van der Waals surface area (Å²) in [7, 11) is 0. The van der Waals surface area contributed by atoms with Crippen LogP contribution in [0.4, 0.5) is 0 Å². The van der Waals surface area contributed by atoms with Crippen molar-refractivity contribution in [3.05, 3.63) is 0 Å². The highest BCUT2D eigenvalue weighted by Gasteiger charge is 2.35. The molecule has 2 aliphatic heterocycles. The van der Waals surface area contributed by atoms with E-state index in [0.717, 1.165) is 25.0 Å². The Morgan fingerprint density at radius 3 is 2.33 bits per heavy atom. The Morgan fingerprint density at radius 1 is 1.20 bits per heavy atom. The molecule has 0 radical (unpaired) electrons.